The molecule has 3 rings (SSSR count). The van der Waals surface area contributed by atoms with Crippen LogP contribution in [0.5, 0.6) is 0 Å². The molecular formula is C19H23N5OS3. The van der Waals surface area contributed by atoms with Crippen molar-refractivity contribution in [3.05, 3.63) is 22.9 Å². The number of carbonyl (C=O) groups excluding carboxylic acids is 1. The van der Waals surface area contributed by atoms with Crippen LogP contribution >= 0.6 is 34.9 Å². The second-order valence-electron chi connectivity index (χ2n) is 6.72. The Kier molecular flexibility index (Phi) is 7.32. The Labute approximate surface area is 177 Å². The number of rotatable bonds is 7. The van der Waals surface area contributed by atoms with Crippen LogP contribution in [0.3, 0.4) is 0 Å². The van der Waals surface area contributed by atoms with Gasteiger partial charge in [0.15, 0.2) is 4.34 Å². The van der Waals surface area contributed by atoms with Crippen molar-refractivity contribution in [2.45, 2.75) is 61.1 Å². The van der Waals surface area contributed by atoms with Gasteiger partial charge in [-0.15, -0.1) is 10.2 Å². The van der Waals surface area contributed by atoms with Gasteiger partial charge in [-0.2, -0.15) is 5.26 Å². The molecule has 9 heteroatoms. The van der Waals surface area contributed by atoms with Crippen LogP contribution in [-0.2, 0) is 17.6 Å². The largest absolute Gasteiger partial charge is 0.300 e. The third-order valence-corrected chi connectivity index (χ3v) is 7.76. The first-order chi connectivity index (χ1) is 13.5. The number of thioether (sulfide) groups is 2. The Morgan fingerprint density at radius 3 is 3.00 bits per heavy atom. The average Bonchev–Trinajstić information content (AvgIpc) is 3.12. The van der Waals surface area contributed by atoms with Gasteiger partial charge >= 0.3 is 0 Å². The third-order valence-electron chi connectivity index (χ3n) is 4.54. The fourth-order valence-electron chi connectivity index (χ4n) is 3.08. The van der Waals surface area contributed by atoms with Crippen molar-refractivity contribution in [3.63, 3.8) is 0 Å². The number of nitrogens with one attached hydrogen (secondary N) is 1. The lowest BCUT2D eigenvalue weighted by Gasteiger charge is -2.22. The fourth-order valence-corrected chi connectivity index (χ4v) is 5.73. The molecular weight excluding hydrogens is 410 g/mol. The number of anilines is 1. The monoisotopic (exact) mass is 433 g/mol. The Bertz CT molecular complexity index is 892. The van der Waals surface area contributed by atoms with Crippen molar-refractivity contribution in [1.82, 2.24) is 15.2 Å². The highest BCUT2D eigenvalue weighted by molar-refractivity contribution is 8.01. The maximum atomic E-state index is 12.7. The van der Waals surface area contributed by atoms with E-state index in [1.165, 1.54) is 28.7 Å². The minimum atomic E-state index is -0.341. The second kappa shape index (κ2) is 9.72. The van der Waals surface area contributed by atoms with E-state index >= 15 is 0 Å². The van der Waals surface area contributed by atoms with E-state index < -0.39 is 0 Å². The number of fused-ring (bicyclic) bond motifs is 1. The van der Waals surface area contributed by atoms with Gasteiger partial charge in [0.05, 0.1) is 10.8 Å². The minimum absolute atomic E-state index is 0.131. The van der Waals surface area contributed by atoms with E-state index in [-0.39, 0.29) is 11.2 Å². The number of aryl methyl sites for hydroxylation is 1. The average molecular weight is 434 g/mol. The van der Waals surface area contributed by atoms with E-state index in [2.05, 4.69) is 28.5 Å². The normalized spacial score (nSPS) is 16.9. The molecule has 2 aromatic rings. The highest BCUT2D eigenvalue weighted by Crippen LogP contribution is 2.33. The van der Waals surface area contributed by atoms with Gasteiger partial charge in [0.2, 0.25) is 11.0 Å². The van der Waals surface area contributed by atoms with Crippen LogP contribution in [0.15, 0.2) is 15.4 Å². The topological polar surface area (TPSA) is 91.6 Å². The van der Waals surface area contributed by atoms with Crippen molar-refractivity contribution < 1.29 is 4.79 Å². The van der Waals surface area contributed by atoms with Crippen LogP contribution < -0.4 is 5.32 Å². The summed E-state index contributed by atoms with van der Waals surface area (Å²) in [5.41, 5.74) is 2.80. The summed E-state index contributed by atoms with van der Waals surface area (Å²) in [7, 11) is 0. The standard InChI is InChI=1S/C19H23N5OS3/c1-4-15(16(25)22-18-23-24-19(28-18)26-5-2)27-17-13(10-20)9-12-8-11(3)6-7-14(12)21-17/h9,11,15H,4-8H2,1-3H3,(H,22,23,25). The number of hydrogen-bond donors (Lipinski definition) is 1. The lowest BCUT2D eigenvalue weighted by atomic mass is 9.87. The van der Waals surface area contributed by atoms with Crippen molar-refractivity contribution in [1.29, 1.82) is 5.26 Å². The smallest absolute Gasteiger partial charge is 0.239 e. The first kappa shape index (κ1) is 21.1. The summed E-state index contributed by atoms with van der Waals surface area (Å²) in [4.78, 5) is 17.5. The fraction of sp³-hybridized carbons (Fsp3) is 0.526. The summed E-state index contributed by atoms with van der Waals surface area (Å²) in [6.07, 6.45) is 3.64. The molecule has 0 radical (unpaired) electrons. The van der Waals surface area contributed by atoms with Crippen molar-refractivity contribution in [3.8, 4) is 6.07 Å². The first-order valence-electron chi connectivity index (χ1n) is 9.40. The molecule has 2 aromatic heterocycles. The number of nitriles is 1. The number of amides is 1. The predicted octanol–water partition coefficient (Wildman–Crippen LogP) is 4.55. The SMILES string of the molecule is CCSc1nnc(NC(=O)C(CC)Sc2nc3c(cc2C#N)CC(C)CC3)s1. The summed E-state index contributed by atoms with van der Waals surface area (Å²) in [5, 5.41) is 21.4. The molecule has 0 spiro atoms. The number of pyridine rings is 1. The lowest BCUT2D eigenvalue weighted by Crippen LogP contribution is -2.25. The van der Waals surface area contributed by atoms with Crippen LogP contribution in [0.4, 0.5) is 5.13 Å². The molecule has 1 aliphatic carbocycles. The molecule has 2 heterocycles. The quantitative estimate of drug-likeness (QED) is 0.506. The molecule has 1 aliphatic rings. The van der Waals surface area contributed by atoms with E-state index in [0.717, 1.165) is 35.0 Å². The molecule has 0 saturated heterocycles. The Hall–Kier alpha value is -1.63. The molecule has 0 aliphatic heterocycles. The maximum absolute atomic E-state index is 12.7. The van der Waals surface area contributed by atoms with Gasteiger partial charge in [-0.1, -0.05) is 55.6 Å². The van der Waals surface area contributed by atoms with Gasteiger partial charge in [0.25, 0.3) is 0 Å². The van der Waals surface area contributed by atoms with Gasteiger partial charge in [-0.25, -0.2) is 4.98 Å². The predicted molar refractivity (Wildman–Crippen MR) is 115 cm³/mol. The zero-order chi connectivity index (χ0) is 20.1. The summed E-state index contributed by atoms with van der Waals surface area (Å²) >= 11 is 4.34. The van der Waals surface area contributed by atoms with Crippen molar-refractivity contribution >= 4 is 45.9 Å². The molecule has 1 amide bonds. The number of carbonyl (C=O) groups is 1. The third kappa shape index (κ3) is 5.04. The lowest BCUT2D eigenvalue weighted by molar-refractivity contribution is -0.115. The zero-order valence-corrected chi connectivity index (χ0v) is 18.6. The number of nitrogens with zero attached hydrogens (tertiary/aromatic N) is 4. The maximum Gasteiger partial charge on any atom is 0.239 e. The molecule has 6 nitrogen and oxygen atoms in total. The molecule has 0 aromatic carbocycles. The molecule has 28 heavy (non-hydrogen) atoms. The number of aromatic nitrogens is 3. The van der Waals surface area contributed by atoms with Gasteiger partial charge in [0, 0.05) is 5.69 Å². The first-order valence-corrected chi connectivity index (χ1v) is 12.1. The van der Waals surface area contributed by atoms with Crippen molar-refractivity contribution in [2.75, 3.05) is 11.1 Å². The molecule has 2 unspecified atom stereocenters. The molecule has 0 bridgehead atoms. The highest BCUT2D eigenvalue weighted by Gasteiger charge is 2.24. The molecule has 0 fully saturated rings. The molecule has 148 valence electrons. The van der Waals surface area contributed by atoms with Gasteiger partial charge in [-0.3, -0.25) is 10.1 Å². The van der Waals surface area contributed by atoms with Crippen LogP contribution in [0.2, 0.25) is 0 Å². The number of hydrogen-bond acceptors (Lipinski definition) is 8. The van der Waals surface area contributed by atoms with E-state index in [1.54, 1.807) is 11.8 Å². The summed E-state index contributed by atoms with van der Waals surface area (Å²) in [6.45, 7) is 6.24. The van der Waals surface area contributed by atoms with E-state index in [0.29, 0.717) is 28.1 Å². The summed E-state index contributed by atoms with van der Waals surface area (Å²) < 4.78 is 0.843. The summed E-state index contributed by atoms with van der Waals surface area (Å²) in [5.74, 6) is 1.40. The van der Waals surface area contributed by atoms with E-state index in [4.69, 9.17) is 4.98 Å². The van der Waals surface area contributed by atoms with Crippen LogP contribution in [0, 0.1) is 17.2 Å². The van der Waals surface area contributed by atoms with Crippen LogP contribution in [0.1, 0.15) is 50.4 Å². The Morgan fingerprint density at radius 1 is 1.46 bits per heavy atom. The minimum Gasteiger partial charge on any atom is -0.300 e. The van der Waals surface area contributed by atoms with Gasteiger partial charge < -0.3 is 0 Å². The highest BCUT2D eigenvalue weighted by atomic mass is 32.2. The van der Waals surface area contributed by atoms with E-state index in [9.17, 15) is 10.1 Å². The van der Waals surface area contributed by atoms with E-state index in [1.807, 2.05) is 19.9 Å². The molecule has 1 N–H and O–H groups in total. The molecule has 2 atom stereocenters. The van der Waals surface area contributed by atoms with Gasteiger partial charge in [0.1, 0.15) is 11.1 Å². The Morgan fingerprint density at radius 2 is 2.29 bits per heavy atom. The van der Waals surface area contributed by atoms with Gasteiger partial charge in [-0.05, 0) is 49.0 Å². The second-order valence-corrected chi connectivity index (χ2v) is 10.4. The molecule has 0 saturated carbocycles. The zero-order valence-electron chi connectivity index (χ0n) is 16.2. The Balaban J connectivity index is 1.74. The summed E-state index contributed by atoms with van der Waals surface area (Å²) in [6, 6.07) is 4.22. The van der Waals surface area contributed by atoms with Crippen LogP contribution in [-0.4, -0.2) is 32.1 Å². The van der Waals surface area contributed by atoms with Crippen molar-refractivity contribution in [2.24, 2.45) is 5.92 Å². The van der Waals surface area contributed by atoms with Crippen LogP contribution in [0.25, 0.3) is 0 Å².